The van der Waals surface area contributed by atoms with Gasteiger partial charge in [0.05, 0.1) is 11.3 Å². The molecule has 0 saturated heterocycles. The first-order chi connectivity index (χ1) is 14.1. The van der Waals surface area contributed by atoms with E-state index in [1.165, 1.54) is 23.5 Å². The third-order valence-electron chi connectivity index (χ3n) is 4.23. The normalized spacial score (nSPS) is 11.0. The number of hydrogen-bond donors (Lipinski definition) is 1. The largest absolute Gasteiger partial charge is 0.280 e. The Labute approximate surface area is 173 Å². The second-order valence-electron chi connectivity index (χ2n) is 6.20. The fourth-order valence-corrected chi connectivity index (χ4v) is 4.91. The van der Waals surface area contributed by atoms with Crippen molar-refractivity contribution in [2.24, 2.45) is 0 Å². The van der Waals surface area contributed by atoms with Crippen LogP contribution in [0.3, 0.4) is 0 Å². The maximum absolute atomic E-state index is 12.7. The third kappa shape index (κ3) is 4.04. The minimum atomic E-state index is -3.88. The summed E-state index contributed by atoms with van der Waals surface area (Å²) in [6, 6.07) is 25.0. The van der Waals surface area contributed by atoms with Crippen molar-refractivity contribution in [3.63, 3.8) is 0 Å². The van der Waals surface area contributed by atoms with E-state index < -0.39 is 10.0 Å². The van der Waals surface area contributed by atoms with Crippen LogP contribution in [0.1, 0.15) is 5.56 Å². The molecular formula is C22H15N3O2S2. The summed E-state index contributed by atoms with van der Waals surface area (Å²) in [5.74, 6) is 0. The van der Waals surface area contributed by atoms with Crippen molar-refractivity contribution in [3.05, 3.63) is 89.8 Å². The number of hydrogen-bond acceptors (Lipinski definition) is 5. The molecule has 7 heteroatoms. The minimum absolute atomic E-state index is 0.0482. The van der Waals surface area contributed by atoms with E-state index in [9.17, 15) is 13.7 Å². The number of thiazole rings is 1. The number of anilines is 1. The predicted octanol–water partition coefficient (Wildman–Crippen LogP) is 5.15. The highest BCUT2D eigenvalue weighted by Crippen LogP contribution is 2.30. The summed E-state index contributed by atoms with van der Waals surface area (Å²) in [4.78, 5) is 4.62. The molecule has 4 rings (SSSR count). The zero-order valence-corrected chi connectivity index (χ0v) is 16.7. The minimum Gasteiger partial charge on any atom is -0.280 e. The van der Waals surface area contributed by atoms with E-state index in [4.69, 9.17) is 0 Å². The molecule has 4 aromatic rings. The summed E-state index contributed by atoms with van der Waals surface area (Å²) in [5, 5.41) is 12.0. The maximum Gasteiger partial charge on any atom is 0.263 e. The van der Waals surface area contributed by atoms with Crippen LogP contribution in [0.4, 0.5) is 5.69 Å². The number of nitrogens with one attached hydrogen (secondary N) is 1. The molecule has 0 radical (unpaired) electrons. The number of sulfonamides is 1. The maximum atomic E-state index is 12.7. The number of nitrogens with zero attached hydrogens (tertiary/aromatic N) is 2. The molecule has 1 aromatic heterocycles. The van der Waals surface area contributed by atoms with E-state index in [2.05, 4.69) is 9.71 Å². The van der Waals surface area contributed by atoms with E-state index in [0.717, 1.165) is 21.8 Å². The van der Waals surface area contributed by atoms with Gasteiger partial charge in [-0.25, -0.2) is 13.4 Å². The van der Waals surface area contributed by atoms with Gasteiger partial charge >= 0.3 is 0 Å². The predicted molar refractivity (Wildman–Crippen MR) is 115 cm³/mol. The van der Waals surface area contributed by atoms with E-state index >= 15 is 0 Å². The first kappa shape index (κ1) is 18.9. The number of aromatic nitrogens is 1. The first-order valence-electron chi connectivity index (χ1n) is 8.70. The lowest BCUT2D eigenvalue weighted by atomic mass is 10.1. The fraction of sp³-hybridized carbons (Fsp3) is 0. The Morgan fingerprint density at radius 2 is 1.62 bits per heavy atom. The molecule has 1 N–H and O–H groups in total. The van der Waals surface area contributed by atoms with Gasteiger partial charge in [-0.15, -0.1) is 11.3 Å². The topological polar surface area (TPSA) is 82.8 Å². The van der Waals surface area contributed by atoms with Crippen LogP contribution in [0, 0.1) is 11.3 Å². The van der Waals surface area contributed by atoms with Gasteiger partial charge in [-0.2, -0.15) is 5.26 Å². The molecule has 0 aliphatic rings. The molecule has 0 fully saturated rings. The summed E-state index contributed by atoms with van der Waals surface area (Å²) in [6.07, 6.45) is 0. The van der Waals surface area contributed by atoms with Gasteiger partial charge in [0.2, 0.25) is 0 Å². The Kier molecular flexibility index (Phi) is 5.12. The van der Waals surface area contributed by atoms with Crippen LogP contribution in [0.25, 0.3) is 21.8 Å². The van der Waals surface area contributed by atoms with Gasteiger partial charge < -0.3 is 0 Å². The Morgan fingerprint density at radius 1 is 0.897 bits per heavy atom. The Hall–Kier alpha value is -3.47. The van der Waals surface area contributed by atoms with Gasteiger partial charge in [0.25, 0.3) is 10.0 Å². The van der Waals surface area contributed by atoms with Crippen molar-refractivity contribution in [3.8, 4) is 27.9 Å². The second kappa shape index (κ2) is 7.87. The van der Waals surface area contributed by atoms with Crippen molar-refractivity contribution in [2.75, 3.05) is 4.72 Å². The SMILES string of the molecule is N#Cc1ccccc1S(=O)(=O)Nc1cccc(-c2csc(-c3ccccc3)n2)c1. The molecule has 3 aromatic carbocycles. The van der Waals surface area contributed by atoms with Gasteiger partial charge in [-0.3, -0.25) is 4.72 Å². The van der Waals surface area contributed by atoms with Gasteiger partial charge in [-0.1, -0.05) is 54.6 Å². The molecule has 0 bridgehead atoms. The monoisotopic (exact) mass is 417 g/mol. The van der Waals surface area contributed by atoms with E-state index in [1.807, 2.05) is 47.8 Å². The lowest BCUT2D eigenvalue weighted by Gasteiger charge is -2.10. The smallest absolute Gasteiger partial charge is 0.263 e. The Balaban J connectivity index is 1.63. The molecular weight excluding hydrogens is 402 g/mol. The molecule has 0 atom stereocenters. The lowest BCUT2D eigenvalue weighted by molar-refractivity contribution is 0.601. The molecule has 0 aliphatic carbocycles. The van der Waals surface area contributed by atoms with Crippen LogP contribution >= 0.6 is 11.3 Å². The standard InChI is InChI=1S/C22H15N3O2S2/c23-14-18-9-4-5-12-21(18)29(26,27)25-19-11-6-10-17(13-19)20-15-28-22(24-20)16-7-2-1-3-8-16/h1-13,15,25H. The van der Waals surface area contributed by atoms with Crippen molar-refractivity contribution in [2.45, 2.75) is 4.90 Å². The second-order valence-corrected chi connectivity index (χ2v) is 8.71. The Morgan fingerprint density at radius 3 is 2.41 bits per heavy atom. The van der Waals surface area contributed by atoms with E-state index in [0.29, 0.717) is 5.69 Å². The molecule has 142 valence electrons. The van der Waals surface area contributed by atoms with Crippen LogP contribution in [-0.4, -0.2) is 13.4 Å². The zero-order chi connectivity index (χ0) is 20.3. The highest BCUT2D eigenvalue weighted by atomic mass is 32.2. The molecule has 0 saturated carbocycles. The van der Waals surface area contributed by atoms with Crippen molar-refractivity contribution in [1.82, 2.24) is 4.98 Å². The fourth-order valence-electron chi connectivity index (χ4n) is 2.87. The van der Waals surface area contributed by atoms with E-state index in [1.54, 1.807) is 30.3 Å². The van der Waals surface area contributed by atoms with Crippen LogP contribution in [0.5, 0.6) is 0 Å². The van der Waals surface area contributed by atoms with Crippen molar-refractivity contribution < 1.29 is 8.42 Å². The highest BCUT2D eigenvalue weighted by Gasteiger charge is 2.18. The van der Waals surface area contributed by atoms with Crippen LogP contribution < -0.4 is 4.72 Å². The van der Waals surface area contributed by atoms with Crippen molar-refractivity contribution >= 4 is 27.0 Å². The summed E-state index contributed by atoms with van der Waals surface area (Å²) < 4.78 is 28.0. The zero-order valence-electron chi connectivity index (χ0n) is 15.1. The molecule has 0 unspecified atom stereocenters. The van der Waals surface area contributed by atoms with Crippen LogP contribution in [-0.2, 0) is 10.0 Å². The molecule has 29 heavy (non-hydrogen) atoms. The summed E-state index contributed by atoms with van der Waals surface area (Å²) in [7, 11) is -3.88. The number of nitriles is 1. The average molecular weight is 418 g/mol. The quantitative estimate of drug-likeness (QED) is 0.487. The van der Waals surface area contributed by atoms with Gasteiger partial charge in [0.1, 0.15) is 16.0 Å². The van der Waals surface area contributed by atoms with Gasteiger partial charge in [-0.05, 0) is 24.3 Å². The highest BCUT2D eigenvalue weighted by molar-refractivity contribution is 7.92. The van der Waals surface area contributed by atoms with Crippen LogP contribution in [0.2, 0.25) is 0 Å². The van der Waals surface area contributed by atoms with Crippen LogP contribution in [0.15, 0.2) is 89.1 Å². The summed E-state index contributed by atoms with van der Waals surface area (Å²) >= 11 is 1.53. The average Bonchev–Trinajstić information content (AvgIpc) is 3.25. The molecule has 0 amide bonds. The van der Waals surface area contributed by atoms with Gasteiger partial charge in [0.15, 0.2) is 0 Å². The Bertz CT molecular complexity index is 1310. The van der Waals surface area contributed by atoms with Gasteiger partial charge in [0, 0.05) is 22.2 Å². The molecule has 0 spiro atoms. The molecule has 1 heterocycles. The molecule has 5 nitrogen and oxygen atoms in total. The van der Waals surface area contributed by atoms with E-state index in [-0.39, 0.29) is 10.5 Å². The number of rotatable bonds is 5. The first-order valence-corrected chi connectivity index (χ1v) is 11.1. The summed E-state index contributed by atoms with van der Waals surface area (Å²) in [5.41, 5.74) is 3.12. The third-order valence-corrected chi connectivity index (χ3v) is 6.56. The molecule has 0 aliphatic heterocycles. The lowest BCUT2D eigenvalue weighted by Crippen LogP contribution is -2.14. The number of benzene rings is 3. The summed E-state index contributed by atoms with van der Waals surface area (Å²) in [6.45, 7) is 0. The van der Waals surface area contributed by atoms with Crippen molar-refractivity contribution in [1.29, 1.82) is 5.26 Å².